The van der Waals surface area contributed by atoms with E-state index in [1.807, 2.05) is 39.0 Å². The highest BCUT2D eigenvalue weighted by Gasteiger charge is 2.78. The van der Waals surface area contributed by atoms with Gasteiger partial charge < -0.3 is 24.4 Å². The lowest BCUT2D eigenvalue weighted by molar-refractivity contribution is -0.159. The molecule has 37 heavy (non-hydrogen) atoms. The number of likely N-dealkylation sites (tertiary alicyclic amines) is 1. The van der Waals surface area contributed by atoms with Crippen molar-refractivity contribution >= 4 is 23.5 Å². The van der Waals surface area contributed by atoms with Gasteiger partial charge in [-0.3, -0.25) is 14.4 Å². The molecule has 0 aliphatic carbocycles. The number of aryl methyl sites for hydroxylation is 2. The Balaban J connectivity index is 1.75. The number of carbonyl (C=O) groups excluding carboxylic acids is 3. The van der Waals surface area contributed by atoms with Crippen molar-refractivity contribution in [1.29, 1.82) is 0 Å². The largest absolute Gasteiger partial charge is 0.465 e. The number of hydrogen-bond donors (Lipinski definition) is 1. The van der Waals surface area contributed by atoms with Gasteiger partial charge in [0, 0.05) is 18.8 Å². The van der Waals surface area contributed by atoms with E-state index in [9.17, 15) is 19.5 Å². The standard InChI is InChI=1S/C29H38N2O6/c1-6-8-9-18-36-27(35)22-21-25(33)31(16-17-32)24(29(21)14-13-28(22,5)37-29)26(34)30(15-7-2)23-19(3)11-10-12-20(23)4/h6-7,10-12,21-22,24,32H,1-2,8-9,13-18H2,3-5H3/t21-,22+,24?,28-,29?/m0/s1. The number of allylic oxidation sites excluding steroid dienone is 1. The van der Waals surface area contributed by atoms with E-state index < -0.39 is 35.0 Å². The van der Waals surface area contributed by atoms with Gasteiger partial charge in [0.1, 0.15) is 17.6 Å². The number of unbranched alkanes of at least 4 members (excludes halogenated alkanes) is 1. The minimum absolute atomic E-state index is 0.0245. The summed E-state index contributed by atoms with van der Waals surface area (Å²) in [6.45, 7) is 13.4. The third kappa shape index (κ3) is 4.30. The van der Waals surface area contributed by atoms with Gasteiger partial charge in [-0.1, -0.05) is 30.4 Å². The van der Waals surface area contributed by atoms with E-state index in [1.165, 1.54) is 4.90 Å². The average Bonchev–Trinajstić information content (AvgIpc) is 3.42. The average molecular weight is 511 g/mol. The molecule has 8 heteroatoms. The third-order valence-corrected chi connectivity index (χ3v) is 8.19. The Morgan fingerprint density at radius 3 is 2.57 bits per heavy atom. The van der Waals surface area contributed by atoms with Crippen LogP contribution in [0.15, 0.2) is 43.5 Å². The van der Waals surface area contributed by atoms with Crippen LogP contribution in [0.2, 0.25) is 0 Å². The first kappa shape index (κ1) is 27.1. The number of aliphatic hydroxyl groups is 1. The number of aliphatic hydroxyl groups excluding tert-OH is 1. The van der Waals surface area contributed by atoms with Crippen LogP contribution in [-0.4, -0.2) is 71.3 Å². The van der Waals surface area contributed by atoms with E-state index in [0.29, 0.717) is 19.3 Å². The number of para-hydroxylation sites is 1. The van der Waals surface area contributed by atoms with E-state index in [-0.39, 0.29) is 38.1 Å². The van der Waals surface area contributed by atoms with Gasteiger partial charge in [-0.05, 0) is 57.6 Å². The lowest BCUT2D eigenvalue weighted by Gasteiger charge is -2.37. The van der Waals surface area contributed by atoms with Crippen LogP contribution in [0.4, 0.5) is 5.69 Å². The molecule has 3 heterocycles. The SMILES string of the molecule is C=CCCCOC(=O)[C@H]1[C@H]2C(=O)N(CCO)C(C(=O)N(CC=C)c3c(C)cccc3C)C23CC[C@]1(C)O3. The van der Waals surface area contributed by atoms with Crippen LogP contribution >= 0.6 is 0 Å². The molecule has 1 aromatic rings. The van der Waals surface area contributed by atoms with Gasteiger partial charge in [-0.25, -0.2) is 0 Å². The molecule has 2 amide bonds. The quantitative estimate of drug-likeness (QED) is 0.279. The zero-order chi connectivity index (χ0) is 27.0. The number of carbonyl (C=O) groups is 3. The Bertz CT molecular complexity index is 1080. The second-order valence-corrected chi connectivity index (χ2v) is 10.6. The summed E-state index contributed by atoms with van der Waals surface area (Å²) in [6.07, 6.45) is 5.78. The monoisotopic (exact) mass is 510 g/mol. The van der Waals surface area contributed by atoms with Gasteiger partial charge in [0.05, 0.1) is 24.7 Å². The number of ether oxygens (including phenoxy) is 2. The predicted molar refractivity (Wildman–Crippen MR) is 140 cm³/mol. The number of rotatable bonds is 11. The number of hydrogen-bond acceptors (Lipinski definition) is 6. The Hall–Kier alpha value is -2.97. The minimum Gasteiger partial charge on any atom is -0.465 e. The van der Waals surface area contributed by atoms with Gasteiger partial charge in [-0.2, -0.15) is 0 Å². The Morgan fingerprint density at radius 2 is 1.95 bits per heavy atom. The van der Waals surface area contributed by atoms with Crippen molar-refractivity contribution in [3.05, 3.63) is 54.6 Å². The summed E-state index contributed by atoms with van der Waals surface area (Å²) >= 11 is 0. The molecule has 0 saturated carbocycles. The highest BCUT2D eigenvalue weighted by atomic mass is 16.6. The highest BCUT2D eigenvalue weighted by Crippen LogP contribution is 2.63. The topological polar surface area (TPSA) is 96.4 Å². The van der Waals surface area contributed by atoms with Crippen LogP contribution in [0.25, 0.3) is 0 Å². The number of benzene rings is 1. The van der Waals surface area contributed by atoms with Gasteiger partial charge in [0.2, 0.25) is 5.91 Å². The van der Waals surface area contributed by atoms with Gasteiger partial charge in [-0.15, -0.1) is 13.2 Å². The molecule has 3 fully saturated rings. The molecule has 3 saturated heterocycles. The number of β-amino-alcohol motifs (C(OH)–C–C–N with tert-alkyl or cyclic N) is 1. The number of esters is 1. The maximum absolute atomic E-state index is 14.4. The molecule has 2 unspecified atom stereocenters. The van der Waals surface area contributed by atoms with Crippen LogP contribution in [0.3, 0.4) is 0 Å². The number of fused-ring (bicyclic) bond motifs is 1. The zero-order valence-electron chi connectivity index (χ0n) is 22.1. The second-order valence-electron chi connectivity index (χ2n) is 10.6. The molecule has 3 aliphatic rings. The molecule has 0 radical (unpaired) electrons. The molecule has 0 aromatic heterocycles. The van der Waals surface area contributed by atoms with E-state index in [0.717, 1.165) is 23.2 Å². The van der Waals surface area contributed by atoms with Crippen LogP contribution < -0.4 is 4.90 Å². The Labute approximate surface area is 218 Å². The number of nitrogens with zero attached hydrogens (tertiary/aromatic N) is 2. The van der Waals surface area contributed by atoms with Crippen molar-refractivity contribution in [1.82, 2.24) is 4.90 Å². The summed E-state index contributed by atoms with van der Waals surface area (Å²) in [5, 5.41) is 9.84. The summed E-state index contributed by atoms with van der Waals surface area (Å²) in [5.41, 5.74) is 0.541. The highest BCUT2D eigenvalue weighted by molar-refractivity contribution is 6.05. The van der Waals surface area contributed by atoms with Gasteiger partial charge >= 0.3 is 5.97 Å². The molecule has 4 rings (SSSR count). The smallest absolute Gasteiger partial charge is 0.312 e. The first-order chi connectivity index (χ1) is 17.7. The molecule has 8 nitrogen and oxygen atoms in total. The summed E-state index contributed by atoms with van der Waals surface area (Å²) in [5.74, 6) is -2.78. The van der Waals surface area contributed by atoms with Crippen molar-refractivity contribution in [2.45, 2.75) is 63.7 Å². The normalized spacial score (nSPS) is 29.8. The van der Waals surface area contributed by atoms with Crippen molar-refractivity contribution in [2.75, 3.05) is 31.2 Å². The Kier molecular flexibility index (Phi) is 7.62. The fraction of sp³-hybridized carbons (Fsp3) is 0.552. The van der Waals surface area contributed by atoms with Crippen LogP contribution in [0.5, 0.6) is 0 Å². The first-order valence-corrected chi connectivity index (χ1v) is 13.0. The van der Waals surface area contributed by atoms with Crippen LogP contribution in [0.1, 0.15) is 43.7 Å². The minimum atomic E-state index is -1.17. The zero-order valence-corrected chi connectivity index (χ0v) is 22.1. The predicted octanol–water partition coefficient (Wildman–Crippen LogP) is 3.09. The summed E-state index contributed by atoms with van der Waals surface area (Å²) in [4.78, 5) is 44.7. The van der Waals surface area contributed by atoms with Crippen molar-refractivity contribution in [3.8, 4) is 0 Å². The molecule has 1 N–H and O–H groups in total. The lowest BCUT2D eigenvalue weighted by Crippen LogP contribution is -2.57. The van der Waals surface area contributed by atoms with E-state index >= 15 is 0 Å². The summed E-state index contributed by atoms with van der Waals surface area (Å²) < 4.78 is 12.2. The molecule has 1 spiro atoms. The fourth-order valence-corrected chi connectivity index (χ4v) is 6.70. The lowest BCUT2D eigenvalue weighted by atomic mass is 9.66. The van der Waals surface area contributed by atoms with Crippen molar-refractivity contribution in [2.24, 2.45) is 11.8 Å². The Morgan fingerprint density at radius 1 is 1.24 bits per heavy atom. The summed E-state index contributed by atoms with van der Waals surface area (Å²) in [6, 6.07) is 4.84. The van der Waals surface area contributed by atoms with Crippen molar-refractivity contribution in [3.63, 3.8) is 0 Å². The summed E-state index contributed by atoms with van der Waals surface area (Å²) in [7, 11) is 0. The molecular formula is C29H38N2O6. The van der Waals surface area contributed by atoms with Gasteiger partial charge in [0.25, 0.3) is 5.91 Å². The maximum atomic E-state index is 14.4. The molecule has 200 valence electrons. The van der Waals surface area contributed by atoms with Gasteiger partial charge in [0.15, 0.2) is 0 Å². The van der Waals surface area contributed by atoms with E-state index in [4.69, 9.17) is 9.47 Å². The first-order valence-electron chi connectivity index (χ1n) is 13.0. The molecular weight excluding hydrogens is 472 g/mol. The fourth-order valence-electron chi connectivity index (χ4n) is 6.70. The van der Waals surface area contributed by atoms with Crippen LogP contribution in [-0.2, 0) is 23.9 Å². The molecule has 5 atom stereocenters. The molecule has 3 aliphatic heterocycles. The third-order valence-electron chi connectivity index (χ3n) is 8.19. The molecule has 2 bridgehead atoms. The van der Waals surface area contributed by atoms with E-state index in [2.05, 4.69) is 13.2 Å². The second kappa shape index (κ2) is 10.4. The van der Waals surface area contributed by atoms with Crippen molar-refractivity contribution < 1.29 is 29.0 Å². The number of anilines is 1. The maximum Gasteiger partial charge on any atom is 0.312 e. The van der Waals surface area contributed by atoms with Crippen LogP contribution in [0, 0.1) is 25.7 Å². The van der Waals surface area contributed by atoms with E-state index in [1.54, 1.807) is 17.1 Å². The number of amides is 2. The molecule has 1 aromatic carbocycles.